The van der Waals surface area contributed by atoms with Gasteiger partial charge in [-0.3, -0.25) is 9.59 Å². The van der Waals surface area contributed by atoms with Gasteiger partial charge in [-0.05, 0) is 23.8 Å². The fraction of sp³-hybridized carbons (Fsp3) is 0.0435. The summed E-state index contributed by atoms with van der Waals surface area (Å²) in [7, 11) is 0. The van der Waals surface area contributed by atoms with Crippen molar-refractivity contribution in [3.8, 4) is 0 Å². The number of carbonyl (C=O) groups is 2. The van der Waals surface area contributed by atoms with Crippen LogP contribution in [0.1, 0.15) is 26.4 Å². The minimum absolute atomic E-state index is 0.296. The number of hydrogen-bond donors (Lipinski definition) is 2. The highest BCUT2D eigenvalue weighted by Gasteiger charge is 2.19. The third-order valence-electron chi connectivity index (χ3n) is 4.80. The number of amides is 2. The minimum atomic E-state index is -1.09. The lowest BCUT2D eigenvalue weighted by atomic mass is 10.1. The fourth-order valence-electron chi connectivity index (χ4n) is 3.35. The molecule has 3 aromatic carbocycles. The first-order valence-corrected chi connectivity index (χ1v) is 9.16. The smallest absolute Gasteiger partial charge is 0.272 e. The first kappa shape index (κ1) is 19.3. The van der Waals surface area contributed by atoms with E-state index in [4.69, 9.17) is 5.73 Å². The van der Waals surface area contributed by atoms with Crippen LogP contribution in [0.25, 0.3) is 10.9 Å². The van der Waals surface area contributed by atoms with Crippen molar-refractivity contribution in [1.29, 1.82) is 0 Å². The Morgan fingerprint density at radius 2 is 1.60 bits per heavy atom. The molecular weight excluding hydrogens is 388 g/mol. The molecule has 0 saturated carbocycles. The van der Waals surface area contributed by atoms with Crippen LogP contribution in [0.3, 0.4) is 0 Å². The van der Waals surface area contributed by atoms with Crippen molar-refractivity contribution < 1.29 is 18.4 Å². The standard InChI is InChI=1S/C23H17F2N3O2/c24-17-12-18(25)19(11-16(17)22(26)29)27-23(30)21-10-15-8-4-5-9-20(15)28(21)13-14-6-2-1-3-7-14/h1-12H,13H2,(H2,26,29)(H,27,30). The first-order chi connectivity index (χ1) is 14.4. The molecule has 150 valence electrons. The van der Waals surface area contributed by atoms with E-state index in [9.17, 15) is 18.4 Å². The number of anilines is 1. The molecule has 4 rings (SSSR count). The number of hydrogen-bond acceptors (Lipinski definition) is 2. The molecule has 2 amide bonds. The van der Waals surface area contributed by atoms with E-state index in [-0.39, 0.29) is 5.69 Å². The number of fused-ring (bicyclic) bond motifs is 1. The maximum absolute atomic E-state index is 14.2. The first-order valence-electron chi connectivity index (χ1n) is 9.16. The Hall–Kier alpha value is -4.00. The highest BCUT2D eigenvalue weighted by atomic mass is 19.1. The van der Waals surface area contributed by atoms with Crippen molar-refractivity contribution in [3.63, 3.8) is 0 Å². The Morgan fingerprint density at radius 3 is 2.33 bits per heavy atom. The van der Waals surface area contributed by atoms with Crippen molar-refractivity contribution in [2.45, 2.75) is 6.54 Å². The number of nitrogens with zero attached hydrogens (tertiary/aromatic N) is 1. The third-order valence-corrected chi connectivity index (χ3v) is 4.80. The van der Waals surface area contributed by atoms with Gasteiger partial charge < -0.3 is 15.6 Å². The SMILES string of the molecule is NC(=O)c1cc(NC(=O)c2cc3ccccc3n2Cc2ccccc2)c(F)cc1F. The molecular formula is C23H17F2N3O2. The van der Waals surface area contributed by atoms with E-state index in [1.54, 1.807) is 6.07 Å². The number of carbonyl (C=O) groups excluding carboxylic acids is 2. The molecule has 7 heteroatoms. The van der Waals surface area contributed by atoms with Gasteiger partial charge in [-0.25, -0.2) is 8.78 Å². The van der Waals surface area contributed by atoms with Gasteiger partial charge >= 0.3 is 0 Å². The van der Waals surface area contributed by atoms with Gasteiger partial charge in [0.15, 0.2) is 0 Å². The second-order valence-electron chi connectivity index (χ2n) is 6.79. The number of aromatic nitrogens is 1. The monoisotopic (exact) mass is 405 g/mol. The van der Waals surface area contributed by atoms with E-state index >= 15 is 0 Å². The van der Waals surface area contributed by atoms with E-state index in [0.29, 0.717) is 18.3 Å². The Morgan fingerprint density at radius 1 is 0.900 bits per heavy atom. The number of halogens is 2. The number of nitrogens with two attached hydrogens (primary N) is 1. The van der Waals surface area contributed by atoms with Crippen molar-refractivity contribution >= 4 is 28.4 Å². The zero-order chi connectivity index (χ0) is 21.3. The zero-order valence-corrected chi connectivity index (χ0v) is 15.7. The molecule has 1 heterocycles. The highest BCUT2D eigenvalue weighted by molar-refractivity contribution is 6.07. The van der Waals surface area contributed by atoms with Crippen LogP contribution >= 0.6 is 0 Å². The molecule has 0 unspecified atom stereocenters. The van der Waals surface area contributed by atoms with E-state index in [1.807, 2.05) is 59.2 Å². The van der Waals surface area contributed by atoms with Gasteiger partial charge in [0.2, 0.25) is 0 Å². The van der Waals surface area contributed by atoms with E-state index in [0.717, 1.165) is 22.5 Å². The lowest BCUT2D eigenvalue weighted by molar-refractivity contribution is 0.0991. The van der Waals surface area contributed by atoms with Gasteiger partial charge in [0.25, 0.3) is 11.8 Å². The van der Waals surface area contributed by atoms with Crippen molar-refractivity contribution in [2.75, 3.05) is 5.32 Å². The average Bonchev–Trinajstić information content (AvgIpc) is 3.09. The summed E-state index contributed by atoms with van der Waals surface area (Å²) >= 11 is 0. The summed E-state index contributed by atoms with van der Waals surface area (Å²) in [5, 5.41) is 3.27. The van der Waals surface area contributed by atoms with Gasteiger partial charge in [-0.1, -0.05) is 48.5 Å². The quantitative estimate of drug-likeness (QED) is 0.519. The van der Waals surface area contributed by atoms with E-state index in [1.165, 1.54) is 0 Å². The van der Waals surface area contributed by atoms with Crippen molar-refractivity contribution in [1.82, 2.24) is 4.57 Å². The fourth-order valence-corrected chi connectivity index (χ4v) is 3.35. The van der Waals surface area contributed by atoms with Gasteiger partial charge in [0.05, 0.1) is 11.3 Å². The second-order valence-corrected chi connectivity index (χ2v) is 6.79. The maximum atomic E-state index is 14.2. The van der Waals surface area contributed by atoms with Crippen LogP contribution in [0.4, 0.5) is 14.5 Å². The number of benzene rings is 3. The second kappa shape index (κ2) is 7.79. The highest BCUT2D eigenvalue weighted by Crippen LogP contribution is 2.24. The number of rotatable bonds is 5. The molecule has 30 heavy (non-hydrogen) atoms. The molecule has 3 N–H and O–H groups in total. The van der Waals surface area contributed by atoms with Crippen LogP contribution < -0.4 is 11.1 Å². The molecule has 0 saturated heterocycles. The molecule has 0 aliphatic carbocycles. The van der Waals surface area contributed by atoms with Gasteiger partial charge in [0, 0.05) is 23.5 Å². The summed E-state index contributed by atoms with van der Waals surface area (Å²) in [6, 6.07) is 20.2. The van der Waals surface area contributed by atoms with Crippen LogP contribution in [-0.2, 0) is 6.54 Å². The maximum Gasteiger partial charge on any atom is 0.272 e. The van der Waals surface area contributed by atoms with Gasteiger partial charge in [-0.2, -0.15) is 0 Å². The van der Waals surface area contributed by atoms with Crippen LogP contribution in [0.15, 0.2) is 72.8 Å². The molecule has 0 fully saturated rings. The Bertz CT molecular complexity index is 1270. The van der Waals surface area contributed by atoms with E-state index < -0.39 is 29.0 Å². The summed E-state index contributed by atoms with van der Waals surface area (Å²) in [5.74, 6) is -3.74. The normalized spacial score (nSPS) is 10.9. The Kier molecular flexibility index (Phi) is 5.02. The summed E-state index contributed by atoms with van der Waals surface area (Å²) in [5.41, 5.74) is 6.40. The number of primary amides is 1. The van der Waals surface area contributed by atoms with Crippen molar-refractivity contribution in [3.05, 3.63) is 101 Å². The average molecular weight is 405 g/mol. The zero-order valence-electron chi connectivity index (χ0n) is 15.7. The molecule has 0 aliphatic rings. The minimum Gasteiger partial charge on any atom is -0.366 e. The Labute approximate surface area is 170 Å². The molecule has 0 aliphatic heterocycles. The largest absolute Gasteiger partial charge is 0.366 e. The lowest BCUT2D eigenvalue weighted by Crippen LogP contribution is -2.20. The van der Waals surface area contributed by atoms with Gasteiger partial charge in [-0.15, -0.1) is 0 Å². The van der Waals surface area contributed by atoms with Crippen molar-refractivity contribution in [2.24, 2.45) is 5.73 Å². The molecule has 4 aromatic rings. The van der Waals surface area contributed by atoms with Crippen LogP contribution in [0.5, 0.6) is 0 Å². The van der Waals surface area contributed by atoms with Gasteiger partial charge in [0.1, 0.15) is 17.3 Å². The van der Waals surface area contributed by atoms with Crippen LogP contribution in [-0.4, -0.2) is 16.4 Å². The molecule has 5 nitrogen and oxygen atoms in total. The summed E-state index contributed by atoms with van der Waals surface area (Å²) < 4.78 is 29.8. The molecule has 0 bridgehead atoms. The lowest BCUT2D eigenvalue weighted by Gasteiger charge is -2.12. The molecule has 0 radical (unpaired) electrons. The topological polar surface area (TPSA) is 77.1 Å². The Balaban J connectivity index is 1.74. The summed E-state index contributed by atoms with van der Waals surface area (Å²) in [6.45, 7) is 0.426. The van der Waals surface area contributed by atoms with E-state index in [2.05, 4.69) is 5.32 Å². The predicted molar refractivity (Wildman–Crippen MR) is 110 cm³/mol. The molecule has 1 aromatic heterocycles. The predicted octanol–water partition coefficient (Wildman–Crippen LogP) is 4.32. The van der Waals surface area contributed by atoms with Crippen LogP contribution in [0.2, 0.25) is 0 Å². The number of para-hydroxylation sites is 1. The van der Waals surface area contributed by atoms with Crippen LogP contribution in [0, 0.1) is 11.6 Å². The molecule has 0 spiro atoms. The summed E-state index contributed by atoms with van der Waals surface area (Å²) in [6.07, 6.45) is 0. The molecule has 0 atom stereocenters. The third kappa shape index (κ3) is 3.65. The number of nitrogens with one attached hydrogen (secondary N) is 1. The summed E-state index contributed by atoms with van der Waals surface area (Å²) in [4.78, 5) is 24.4.